The van der Waals surface area contributed by atoms with E-state index in [1.165, 1.54) is 6.26 Å². The molecule has 0 fully saturated rings. The van der Waals surface area contributed by atoms with Gasteiger partial charge in [0, 0.05) is 18.4 Å². The summed E-state index contributed by atoms with van der Waals surface area (Å²) in [5, 5.41) is 0. The van der Waals surface area contributed by atoms with E-state index in [9.17, 15) is 8.42 Å². The van der Waals surface area contributed by atoms with Gasteiger partial charge in [0.15, 0.2) is 9.84 Å². The first-order valence-electron chi connectivity index (χ1n) is 5.18. The van der Waals surface area contributed by atoms with Gasteiger partial charge in [-0.1, -0.05) is 0 Å². The van der Waals surface area contributed by atoms with Gasteiger partial charge >= 0.3 is 0 Å². The van der Waals surface area contributed by atoms with Gasteiger partial charge in [0.05, 0.1) is 15.9 Å². The fourth-order valence-corrected chi connectivity index (χ4v) is 2.63. The van der Waals surface area contributed by atoms with Crippen LogP contribution in [0.5, 0.6) is 0 Å². The van der Waals surface area contributed by atoms with Gasteiger partial charge in [0.1, 0.15) is 5.82 Å². The molecule has 4 nitrogen and oxygen atoms in total. The van der Waals surface area contributed by atoms with Gasteiger partial charge in [-0.2, -0.15) is 11.8 Å². The molecule has 0 spiro atoms. The number of rotatable bonds is 4. The Balaban J connectivity index is 2.41. The van der Waals surface area contributed by atoms with Crippen LogP contribution in [0.2, 0.25) is 0 Å². The monoisotopic (exact) mass is 270 g/mol. The molecule has 0 aliphatic carbocycles. The maximum atomic E-state index is 11.4. The number of nitrogens with one attached hydrogen (secondary N) is 1. The second-order valence-corrected chi connectivity index (χ2v) is 6.88. The lowest BCUT2D eigenvalue weighted by Crippen LogP contribution is -1.96. The van der Waals surface area contributed by atoms with Crippen LogP contribution in [0.4, 0.5) is 0 Å². The van der Waals surface area contributed by atoms with Gasteiger partial charge < -0.3 is 4.98 Å². The van der Waals surface area contributed by atoms with Crippen molar-refractivity contribution in [3.8, 4) is 0 Å². The van der Waals surface area contributed by atoms with Gasteiger partial charge in [-0.3, -0.25) is 0 Å². The van der Waals surface area contributed by atoms with Crippen LogP contribution >= 0.6 is 11.8 Å². The molecule has 0 amide bonds. The van der Waals surface area contributed by atoms with E-state index in [0.29, 0.717) is 4.90 Å². The van der Waals surface area contributed by atoms with Gasteiger partial charge in [-0.15, -0.1) is 0 Å². The summed E-state index contributed by atoms with van der Waals surface area (Å²) in [6.07, 6.45) is 4.12. The minimum atomic E-state index is -3.15. The minimum Gasteiger partial charge on any atom is -0.342 e. The highest BCUT2D eigenvalue weighted by Crippen LogP contribution is 2.17. The number of aryl methyl sites for hydroxylation is 1. The van der Waals surface area contributed by atoms with Crippen LogP contribution in [0.3, 0.4) is 0 Å². The Hall–Kier alpha value is -1.01. The van der Waals surface area contributed by atoms with E-state index in [0.717, 1.165) is 29.0 Å². The molecule has 0 unspecified atom stereocenters. The molecule has 0 bridgehead atoms. The van der Waals surface area contributed by atoms with E-state index in [2.05, 4.69) is 9.97 Å². The third-order valence-electron chi connectivity index (χ3n) is 2.47. The molecule has 0 aliphatic rings. The lowest BCUT2D eigenvalue weighted by atomic mass is 10.3. The third kappa shape index (κ3) is 2.81. The number of sulfone groups is 1. The summed E-state index contributed by atoms with van der Waals surface area (Å²) < 4.78 is 22.8. The Bertz CT molecular complexity index is 632. The fraction of sp³-hybridized carbons (Fsp3) is 0.364. The smallest absolute Gasteiger partial charge is 0.175 e. The summed E-state index contributed by atoms with van der Waals surface area (Å²) >= 11 is 1.76. The molecular weight excluding hydrogens is 256 g/mol. The Morgan fingerprint density at radius 3 is 2.82 bits per heavy atom. The molecule has 17 heavy (non-hydrogen) atoms. The zero-order valence-corrected chi connectivity index (χ0v) is 11.4. The van der Waals surface area contributed by atoms with Gasteiger partial charge in [-0.25, -0.2) is 13.4 Å². The topological polar surface area (TPSA) is 62.8 Å². The molecule has 1 N–H and O–H groups in total. The Morgan fingerprint density at radius 2 is 2.18 bits per heavy atom. The molecule has 2 aromatic rings. The number of benzene rings is 1. The zero-order valence-electron chi connectivity index (χ0n) is 9.73. The van der Waals surface area contributed by atoms with Crippen LogP contribution in [0.25, 0.3) is 11.0 Å². The maximum Gasteiger partial charge on any atom is 0.175 e. The molecule has 6 heteroatoms. The highest BCUT2D eigenvalue weighted by molar-refractivity contribution is 7.98. The van der Waals surface area contributed by atoms with Gasteiger partial charge in [0.2, 0.25) is 0 Å². The molecular formula is C11H14N2O2S2. The molecule has 0 atom stereocenters. The fourth-order valence-electron chi connectivity index (χ4n) is 1.59. The van der Waals surface area contributed by atoms with Crippen molar-refractivity contribution in [3.63, 3.8) is 0 Å². The largest absolute Gasteiger partial charge is 0.342 e. The third-order valence-corrected chi connectivity index (χ3v) is 4.20. The first-order chi connectivity index (χ1) is 8.00. The molecule has 0 saturated carbocycles. The van der Waals surface area contributed by atoms with Crippen molar-refractivity contribution in [1.82, 2.24) is 9.97 Å². The Labute approximate surface area is 105 Å². The van der Waals surface area contributed by atoms with Crippen LogP contribution in [0.1, 0.15) is 5.82 Å². The molecule has 0 saturated heterocycles. The highest BCUT2D eigenvalue weighted by atomic mass is 32.2. The summed E-state index contributed by atoms with van der Waals surface area (Å²) in [5.74, 6) is 1.90. The summed E-state index contributed by atoms with van der Waals surface area (Å²) in [7, 11) is -3.15. The number of nitrogens with zero attached hydrogens (tertiary/aromatic N) is 1. The van der Waals surface area contributed by atoms with Crippen LogP contribution in [-0.2, 0) is 16.3 Å². The van der Waals surface area contributed by atoms with E-state index in [4.69, 9.17) is 0 Å². The Kier molecular flexibility index (Phi) is 3.44. The quantitative estimate of drug-likeness (QED) is 0.921. The first kappa shape index (κ1) is 12.4. The Morgan fingerprint density at radius 1 is 1.41 bits per heavy atom. The second-order valence-electron chi connectivity index (χ2n) is 3.88. The summed E-state index contributed by atoms with van der Waals surface area (Å²) in [5.41, 5.74) is 1.59. The maximum absolute atomic E-state index is 11.4. The summed E-state index contributed by atoms with van der Waals surface area (Å²) in [6, 6.07) is 4.97. The first-order valence-corrected chi connectivity index (χ1v) is 8.47. The lowest BCUT2D eigenvalue weighted by Gasteiger charge is -1.96. The van der Waals surface area contributed by atoms with E-state index in [1.54, 1.807) is 30.0 Å². The van der Waals surface area contributed by atoms with Crippen molar-refractivity contribution < 1.29 is 8.42 Å². The molecule has 0 radical (unpaired) electrons. The summed E-state index contributed by atoms with van der Waals surface area (Å²) in [4.78, 5) is 7.89. The number of imidazole rings is 1. The number of aromatic amines is 1. The number of hydrogen-bond acceptors (Lipinski definition) is 4. The minimum absolute atomic E-state index is 0.324. The number of hydrogen-bond donors (Lipinski definition) is 1. The van der Waals surface area contributed by atoms with E-state index in [1.807, 2.05) is 6.26 Å². The average molecular weight is 270 g/mol. The number of H-pyrrole nitrogens is 1. The summed E-state index contributed by atoms with van der Waals surface area (Å²) in [6.45, 7) is 0. The average Bonchev–Trinajstić information content (AvgIpc) is 2.66. The van der Waals surface area contributed by atoms with Crippen molar-refractivity contribution in [2.24, 2.45) is 0 Å². The van der Waals surface area contributed by atoms with E-state index < -0.39 is 9.84 Å². The highest BCUT2D eigenvalue weighted by Gasteiger charge is 2.09. The van der Waals surface area contributed by atoms with Gasteiger partial charge in [-0.05, 0) is 24.5 Å². The molecule has 0 aliphatic heterocycles. The van der Waals surface area contributed by atoms with Crippen LogP contribution in [0.15, 0.2) is 23.1 Å². The zero-order chi connectivity index (χ0) is 12.5. The molecule has 1 aromatic heterocycles. The number of fused-ring (bicyclic) bond motifs is 1. The van der Waals surface area contributed by atoms with Crippen molar-refractivity contribution in [1.29, 1.82) is 0 Å². The van der Waals surface area contributed by atoms with Crippen LogP contribution in [0, 0.1) is 0 Å². The second kappa shape index (κ2) is 4.70. The van der Waals surface area contributed by atoms with E-state index in [-0.39, 0.29) is 0 Å². The van der Waals surface area contributed by atoms with Crippen molar-refractivity contribution in [3.05, 3.63) is 24.0 Å². The standard InChI is InChI=1S/C11H14N2O2S2/c1-16-6-5-11-12-9-4-3-8(17(2,14)15)7-10(9)13-11/h3-4,7H,5-6H2,1-2H3,(H,12,13). The number of thioether (sulfide) groups is 1. The molecule has 1 heterocycles. The van der Waals surface area contributed by atoms with Crippen molar-refractivity contribution in [2.45, 2.75) is 11.3 Å². The number of aromatic nitrogens is 2. The molecule has 92 valence electrons. The van der Waals surface area contributed by atoms with Gasteiger partial charge in [0.25, 0.3) is 0 Å². The normalized spacial score (nSPS) is 12.1. The van der Waals surface area contributed by atoms with Crippen LogP contribution < -0.4 is 0 Å². The van der Waals surface area contributed by atoms with Crippen LogP contribution in [-0.4, -0.2) is 36.7 Å². The van der Waals surface area contributed by atoms with E-state index >= 15 is 0 Å². The van der Waals surface area contributed by atoms with Crippen molar-refractivity contribution >= 4 is 32.6 Å². The molecule has 1 aromatic carbocycles. The predicted octanol–water partition coefficient (Wildman–Crippen LogP) is 1.87. The predicted molar refractivity (Wildman–Crippen MR) is 71.3 cm³/mol. The molecule has 2 rings (SSSR count). The van der Waals surface area contributed by atoms with Crippen molar-refractivity contribution in [2.75, 3.05) is 18.3 Å². The lowest BCUT2D eigenvalue weighted by molar-refractivity contribution is 0.602. The SMILES string of the molecule is CSCCc1nc2ccc(S(C)(=O)=O)cc2[nH]1.